The summed E-state index contributed by atoms with van der Waals surface area (Å²) < 4.78 is 8.52. The number of aromatic nitrogens is 2. The lowest BCUT2D eigenvalue weighted by molar-refractivity contribution is 0.170. The molecule has 1 aromatic heterocycles. The minimum Gasteiger partial charge on any atom is -0.489 e. The van der Waals surface area contributed by atoms with Crippen molar-refractivity contribution < 1.29 is 4.74 Å². The van der Waals surface area contributed by atoms with Crippen LogP contribution < -0.4 is 9.64 Å². The van der Waals surface area contributed by atoms with E-state index in [1.54, 1.807) is 0 Å². The third-order valence-corrected chi connectivity index (χ3v) is 6.60. The first-order valence-electron chi connectivity index (χ1n) is 12.1. The molecule has 33 heavy (non-hydrogen) atoms. The van der Waals surface area contributed by atoms with Gasteiger partial charge >= 0.3 is 0 Å². The molecule has 1 atom stereocenters. The number of hydrogen-bond donors (Lipinski definition) is 0. The smallest absolute Gasteiger partial charge is 0.119 e. The maximum Gasteiger partial charge on any atom is 0.119 e. The van der Waals surface area contributed by atoms with Gasteiger partial charge < -0.3 is 14.2 Å². The maximum atomic E-state index is 6.44. The number of rotatable bonds is 11. The van der Waals surface area contributed by atoms with Crippen molar-refractivity contribution in [1.29, 1.82) is 0 Å². The quantitative estimate of drug-likeness (QED) is 0.371. The molecule has 1 fully saturated rings. The zero-order valence-electron chi connectivity index (χ0n) is 19.6. The van der Waals surface area contributed by atoms with E-state index >= 15 is 0 Å². The fraction of sp³-hybridized carbons (Fsp3) is 0.444. The van der Waals surface area contributed by atoms with Gasteiger partial charge in [-0.3, -0.25) is 4.90 Å². The lowest BCUT2D eigenvalue weighted by atomic mass is 10.1. The van der Waals surface area contributed by atoms with Crippen molar-refractivity contribution in [2.24, 2.45) is 0 Å². The van der Waals surface area contributed by atoms with Crippen LogP contribution in [0.1, 0.15) is 31.7 Å². The lowest BCUT2D eigenvalue weighted by Gasteiger charge is -2.36. The number of ether oxygens (including phenoxy) is 1. The molecule has 0 bridgehead atoms. The van der Waals surface area contributed by atoms with Gasteiger partial charge in [0.2, 0.25) is 0 Å². The summed E-state index contributed by atoms with van der Waals surface area (Å²) in [4.78, 5) is 9.24. The van der Waals surface area contributed by atoms with Gasteiger partial charge in [-0.25, -0.2) is 4.98 Å². The Labute approximate surface area is 202 Å². The van der Waals surface area contributed by atoms with Gasteiger partial charge in [0.1, 0.15) is 11.9 Å². The van der Waals surface area contributed by atoms with Crippen LogP contribution in [0.15, 0.2) is 67.3 Å². The van der Waals surface area contributed by atoms with Gasteiger partial charge in [0, 0.05) is 49.3 Å². The molecule has 4 rings (SSSR count). The van der Waals surface area contributed by atoms with Crippen LogP contribution in [-0.2, 0) is 13.0 Å². The second kappa shape index (κ2) is 12.1. The van der Waals surface area contributed by atoms with Gasteiger partial charge in [0.05, 0.1) is 12.9 Å². The van der Waals surface area contributed by atoms with Gasteiger partial charge in [-0.2, -0.15) is 0 Å². The Morgan fingerprint density at radius 2 is 1.76 bits per heavy atom. The highest BCUT2D eigenvalue weighted by molar-refractivity contribution is 6.30. The molecular weight excluding hydrogens is 432 g/mol. The van der Waals surface area contributed by atoms with Crippen LogP contribution in [0.25, 0.3) is 0 Å². The first kappa shape index (κ1) is 23.7. The normalized spacial score (nSPS) is 15.5. The highest BCUT2D eigenvalue weighted by Crippen LogP contribution is 2.23. The Hall–Kier alpha value is -2.50. The monoisotopic (exact) mass is 466 g/mol. The van der Waals surface area contributed by atoms with E-state index in [1.807, 2.05) is 30.9 Å². The van der Waals surface area contributed by atoms with Crippen LogP contribution in [0, 0.1) is 0 Å². The largest absolute Gasteiger partial charge is 0.489 e. The Balaban J connectivity index is 1.34. The molecular formula is C27H35ClN4O. The average molecular weight is 467 g/mol. The average Bonchev–Trinajstić information content (AvgIpc) is 3.36. The number of nitrogens with zero attached hydrogens (tertiary/aromatic N) is 4. The SMILES string of the molecule is CCCCN1CCN(c2ccc(OC(CCc3ccc(Cl)cc3)Cn3ccnc3)cc2)CC1. The highest BCUT2D eigenvalue weighted by Gasteiger charge is 2.17. The minimum atomic E-state index is 0.0582. The Bertz CT molecular complexity index is 935. The number of piperazine rings is 1. The summed E-state index contributed by atoms with van der Waals surface area (Å²) in [5, 5.41) is 0.771. The molecule has 1 aliphatic rings. The number of aryl methyl sites for hydroxylation is 1. The number of unbranched alkanes of at least 4 members (excludes halogenated alkanes) is 1. The van der Waals surface area contributed by atoms with Crippen molar-refractivity contribution >= 4 is 17.3 Å². The first-order chi connectivity index (χ1) is 16.2. The molecule has 0 spiro atoms. The number of hydrogen-bond acceptors (Lipinski definition) is 4. The summed E-state index contributed by atoms with van der Waals surface area (Å²) in [5.74, 6) is 0.918. The molecule has 0 saturated carbocycles. The van der Waals surface area contributed by atoms with E-state index in [0.29, 0.717) is 0 Å². The van der Waals surface area contributed by atoms with Crippen molar-refractivity contribution in [3.63, 3.8) is 0 Å². The van der Waals surface area contributed by atoms with Crippen LogP contribution in [0.4, 0.5) is 5.69 Å². The summed E-state index contributed by atoms with van der Waals surface area (Å²) in [6, 6.07) is 16.7. The van der Waals surface area contributed by atoms with E-state index in [9.17, 15) is 0 Å². The van der Waals surface area contributed by atoms with Crippen LogP contribution in [-0.4, -0.2) is 53.3 Å². The molecule has 0 radical (unpaired) electrons. The number of imidazole rings is 1. The molecule has 3 aromatic rings. The predicted molar refractivity (Wildman–Crippen MR) is 136 cm³/mol. The zero-order chi connectivity index (χ0) is 22.9. The molecule has 1 unspecified atom stereocenters. The number of anilines is 1. The van der Waals surface area contributed by atoms with E-state index in [0.717, 1.165) is 56.3 Å². The third-order valence-electron chi connectivity index (χ3n) is 6.35. The van der Waals surface area contributed by atoms with E-state index in [-0.39, 0.29) is 6.10 Å². The second-order valence-corrected chi connectivity index (χ2v) is 9.28. The fourth-order valence-corrected chi connectivity index (χ4v) is 4.46. The molecule has 6 heteroatoms. The summed E-state index contributed by atoms with van der Waals surface area (Å²) in [5.41, 5.74) is 2.55. The van der Waals surface area contributed by atoms with Crippen molar-refractivity contribution in [2.75, 3.05) is 37.6 Å². The molecule has 2 aromatic carbocycles. The molecule has 2 heterocycles. The van der Waals surface area contributed by atoms with Crippen LogP contribution in [0.5, 0.6) is 5.75 Å². The van der Waals surface area contributed by atoms with Crippen LogP contribution >= 0.6 is 11.6 Å². The summed E-state index contributed by atoms with van der Waals surface area (Å²) >= 11 is 6.03. The van der Waals surface area contributed by atoms with E-state index in [4.69, 9.17) is 16.3 Å². The molecule has 0 aliphatic carbocycles. The van der Waals surface area contributed by atoms with Crippen LogP contribution in [0.3, 0.4) is 0 Å². The van der Waals surface area contributed by atoms with Crippen molar-refractivity contribution in [3.8, 4) is 5.75 Å². The number of halogens is 1. The van der Waals surface area contributed by atoms with Gasteiger partial charge in [-0.1, -0.05) is 37.1 Å². The minimum absolute atomic E-state index is 0.0582. The van der Waals surface area contributed by atoms with E-state index in [1.165, 1.54) is 30.6 Å². The first-order valence-corrected chi connectivity index (χ1v) is 12.5. The van der Waals surface area contributed by atoms with Crippen molar-refractivity contribution in [1.82, 2.24) is 14.5 Å². The topological polar surface area (TPSA) is 33.5 Å². The lowest BCUT2D eigenvalue weighted by Crippen LogP contribution is -2.46. The van der Waals surface area contributed by atoms with Gasteiger partial charge in [0.25, 0.3) is 0 Å². The predicted octanol–water partition coefficient (Wildman–Crippen LogP) is 5.54. The van der Waals surface area contributed by atoms with E-state index < -0.39 is 0 Å². The van der Waals surface area contributed by atoms with Gasteiger partial charge in [0.15, 0.2) is 0 Å². The second-order valence-electron chi connectivity index (χ2n) is 8.84. The summed E-state index contributed by atoms with van der Waals surface area (Å²) in [6.45, 7) is 8.74. The Morgan fingerprint density at radius 1 is 1.00 bits per heavy atom. The van der Waals surface area contributed by atoms with Crippen molar-refractivity contribution in [2.45, 2.75) is 45.3 Å². The summed E-state index contributed by atoms with van der Waals surface area (Å²) in [6.07, 6.45) is 10.1. The molecule has 0 N–H and O–H groups in total. The molecule has 176 valence electrons. The van der Waals surface area contributed by atoms with Crippen molar-refractivity contribution in [3.05, 3.63) is 77.8 Å². The third kappa shape index (κ3) is 7.24. The molecule has 1 aliphatic heterocycles. The van der Waals surface area contributed by atoms with E-state index in [2.05, 4.69) is 62.7 Å². The summed E-state index contributed by atoms with van der Waals surface area (Å²) in [7, 11) is 0. The number of benzene rings is 2. The molecule has 0 amide bonds. The van der Waals surface area contributed by atoms with Gasteiger partial charge in [-0.05, 0) is 67.8 Å². The van der Waals surface area contributed by atoms with Crippen LogP contribution in [0.2, 0.25) is 5.02 Å². The zero-order valence-corrected chi connectivity index (χ0v) is 20.3. The fourth-order valence-electron chi connectivity index (χ4n) is 4.34. The van der Waals surface area contributed by atoms with Gasteiger partial charge in [-0.15, -0.1) is 0 Å². The standard InChI is InChI=1S/C27H35ClN4O/c1-2-3-15-30-17-19-32(20-18-30)25-9-12-26(13-10-25)33-27(21-31-16-14-29-22-31)11-6-23-4-7-24(28)8-5-23/h4-5,7-10,12-14,16,22,27H,2-3,6,11,15,17-21H2,1H3. The molecule has 1 saturated heterocycles. The Kier molecular flexibility index (Phi) is 8.67. The Morgan fingerprint density at radius 3 is 2.42 bits per heavy atom. The highest BCUT2D eigenvalue weighted by atomic mass is 35.5. The maximum absolute atomic E-state index is 6.44. The molecule has 5 nitrogen and oxygen atoms in total.